The van der Waals surface area contributed by atoms with Crippen LogP contribution >= 0.6 is 11.8 Å². The molecule has 5 nitrogen and oxygen atoms in total. The van der Waals surface area contributed by atoms with E-state index in [9.17, 15) is 9.59 Å². The summed E-state index contributed by atoms with van der Waals surface area (Å²) in [5, 5.41) is 4.19. The van der Waals surface area contributed by atoms with Gasteiger partial charge in [0.15, 0.2) is 5.16 Å². The number of carbonyl (C=O) groups excluding carboxylic acids is 1. The first-order chi connectivity index (χ1) is 12.2. The van der Waals surface area contributed by atoms with Gasteiger partial charge in [0.2, 0.25) is 5.91 Å². The van der Waals surface area contributed by atoms with E-state index in [4.69, 9.17) is 4.98 Å². The number of hydrogen-bond donors (Lipinski definition) is 1. The van der Waals surface area contributed by atoms with Crippen molar-refractivity contribution in [2.45, 2.75) is 61.4 Å². The Labute approximate surface area is 151 Å². The van der Waals surface area contributed by atoms with Crippen LogP contribution in [0.25, 0.3) is 10.9 Å². The van der Waals surface area contributed by atoms with Gasteiger partial charge in [-0.05, 0) is 37.8 Å². The van der Waals surface area contributed by atoms with Crippen molar-refractivity contribution in [1.82, 2.24) is 14.9 Å². The summed E-state index contributed by atoms with van der Waals surface area (Å²) < 4.78 is 1.87. The molecule has 1 N–H and O–H groups in total. The molecule has 6 heteroatoms. The van der Waals surface area contributed by atoms with Crippen LogP contribution in [-0.2, 0) is 4.79 Å². The number of hydrogen-bond acceptors (Lipinski definition) is 4. The number of amides is 1. The molecular weight excluding hydrogens is 334 g/mol. The van der Waals surface area contributed by atoms with Crippen LogP contribution < -0.4 is 10.9 Å². The Morgan fingerprint density at radius 3 is 2.64 bits per heavy atom. The number of thioether (sulfide) groups is 1. The van der Waals surface area contributed by atoms with Gasteiger partial charge in [-0.1, -0.05) is 43.2 Å². The number of nitrogens with one attached hydrogen (secondary N) is 1. The third-order valence-corrected chi connectivity index (χ3v) is 6.43. The predicted octanol–water partition coefficient (Wildman–Crippen LogP) is 3.27. The average molecular weight is 357 g/mol. The van der Waals surface area contributed by atoms with Gasteiger partial charge in [0.25, 0.3) is 5.56 Å². The smallest absolute Gasteiger partial charge is 0.262 e. The number of para-hydroxylation sites is 1. The molecule has 0 spiro atoms. The molecule has 0 bridgehead atoms. The van der Waals surface area contributed by atoms with E-state index < -0.39 is 0 Å². The third-order valence-electron chi connectivity index (χ3n) is 5.20. The van der Waals surface area contributed by atoms with E-state index in [0.717, 1.165) is 57.0 Å². The van der Waals surface area contributed by atoms with E-state index >= 15 is 0 Å². The second-order valence-corrected chi connectivity index (χ2v) is 8.09. The van der Waals surface area contributed by atoms with Crippen molar-refractivity contribution in [2.24, 2.45) is 0 Å². The van der Waals surface area contributed by atoms with Crippen molar-refractivity contribution in [3.63, 3.8) is 0 Å². The number of carbonyl (C=O) groups is 1. The van der Waals surface area contributed by atoms with Crippen LogP contribution in [0.5, 0.6) is 0 Å². The first kappa shape index (κ1) is 16.6. The van der Waals surface area contributed by atoms with Gasteiger partial charge < -0.3 is 5.32 Å². The van der Waals surface area contributed by atoms with Crippen LogP contribution in [0.2, 0.25) is 0 Å². The Kier molecular flexibility index (Phi) is 4.79. The second kappa shape index (κ2) is 7.20. The van der Waals surface area contributed by atoms with Crippen LogP contribution in [0.1, 0.15) is 51.0 Å². The fraction of sp³-hybridized carbons (Fsp3) is 0.526. The summed E-state index contributed by atoms with van der Waals surface area (Å²) in [6.45, 7) is 0.747. The zero-order valence-electron chi connectivity index (χ0n) is 14.2. The number of fused-ring (bicyclic) bond motifs is 1. The van der Waals surface area contributed by atoms with Crippen LogP contribution in [0.3, 0.4) is 0 Å². The quantitative estimate of drug-likeness (QED) is 0.857. The predicted molar refractivity (Wildman–Crippen MR) is 100 cm³/mol. The zero-order valence-corrected chi connectivity index (χ0v) is 15.1. The van der Waals surface area contributed by atoms with Crippen LogP contribution in [0, 0.1) is 0 Å². The first-order valence-corrected chi connectivity index (χ1v) is 10.1. The van der Waals surface area contributed by atoms with Gasteiger partial charge in [-0.2, -0.15) is 0 Å². The topological polar surface area (TPSA) is 64.0 Å². The fourth-order valence-corrected chi connectivity index (χ4v) is 5.07. The summed E-state index contributed by atoms with van der Waals surface area (Å²) in [6, 6.07) is 7.73. The molecule has 1 aliphatic heterocycles. The zero-order chi connectivity index (χ0) is 17.2. The summed E-state index contributed by atoms with van der Waals surface area (Å²) in [6.07, 6.45) is 7.22. The SMILES string of the molecule is O=C1NCCCC[C@@H]1Sc1nc2ccccc2c(=O)n1C1CCCC1. The molecule has 4 rings (SSSR count). The third kappa shape index (κ3) is 3.32. The van der Waals surface area contributed by atoms with E-state index in [-0.39, 0.29) is 22.8 Å². The summed E-state index contributed by atoms with van der Waals surface area (Å²) in [7, 11) is 0. The molecule has 0 unspecified atom stereocenters. The van der Waals surface area contributed by atoms with Crippen molar-refractivity contribution in [1.29, 1.82) is 0 Å². The minimum atomic E-state index is -0.164. The highest BCUT2D eigenvalue weighted by molar-refractivity contribution is 8.00. The fourth-order valence-electron chi connectivity index (χ4n) is 3.84. The number of rotatable bonds is 3. The van der Waals surface area contributed by atoms with E-state index in [1.165, 1.54) is 11.8 Å². The van der Waals surface area contributed by atoms with Gasteiger partial charge in [-0.3, -0.25) is 14.2 Å². The summed E-state index contributed by atoms with van der Waals surface area (Å²) in [4.78, 5) is 30.3. The number of aromatic nitrogens is 2. The van der Waals surface area contributed by atoms with Gasteiger partial charge in [0.1, 0.15) is 0 Å². The molecule has 0 radical (unpaired) electrons. The average Bonchev–Trinajstić information content (AvgIpc) is 3.07. The van der Waals surface area contributed by atoms with E-state index in [1.54, 1.807) is 0 Å². The normalized spacial score (nSPS) is 22.1. The Morgan fingerprint density at radius 1 is 1.04 bits per heavy atom. The van der Waals surface area contributed by atoms with Crippen molar-refractivity contribution in [3.8, 4) is 0 Å². The molecule has 1 aromatic heterocycles. The lowest BCUT2D eigenvalue weighted by atomic mass is 10.2. The number of nitrogens with zero attached hydrogens (tertiary/aromatic N) is 2. The highest BCUT2D eigenvalue weighted by Crippen LogP contribution is 2.34. The molecule has 1 aliphatic carbocycles. The Morgan fingerprint density at radius 2 is 1.80 bits per heavy atom. The molecule has 2 aliphatic rings. The monoisotopic (exact) mass is 357 g/mol. The second-order valence-electron chi connectivity index (χ2n) is 6.92. The van der Waals surface area contributed by atoms with Crippen molar-refractivity contribution in [2.75, 3.05) is 6.54 Å². The van der Waals surface area contributed by atoms with Crippen LogP contribution in [0.4, 0.5) is 0 Å². The molecule has 1 aromatic carbocycles. The molecule has 2 fully saturated rings. The van der Waals surface area contributed by atoms with E-state index in [0.29, 0.717) is 10.5 Å². The molecule has 1 atom stereocenters. The maximum Gasteiger partial charge on any atom is 0.262 e. The van der Waals surface area contributed by atoms with Crippen molar-refractivity contribution in [3.05, 3.63) is 34.6 Å². The summed E-state index contributed by atoms with van der Waals surface area (Å²) in [5.41, 5.74) is 0.757. The molecule has 1 saturated carbocycles. The van der Waals surface area contributed by atoms with Gasteiger partial charge in [0, 0.05) is 12.6 Å². The molecule has 132 valence electrons. The standard InChI is InChI=1S/C19H23N3O2S/c23-17-16(11-5-6-12-20-17)25-19-21-15-10-4-3-9-14(15)18(24)22(19)13-7-1-2-8-13/h3-4,9-10,13,16H,1-2,5-8,11-12H2,(H,20,23)/t16-/m0/s1. The molecule has 1 amide bonds. The van der Waals surface area contributed by atoms with E-state index in [1.807, 2.05) is 28.8 Å². The molecule has 2 heterocycles. The summed E-state index contributed by atoms with van der Waals surface area (Å²) in [5.74, 6) is 0.0721. The molecule has 25 heavy (non-hydrogen) atoms. The van der Waals surface area contributed by atoms with Crippen LogP contribution in [-0.4, -0.2) is 27.3 Å². The first-order valence-electron chi connectivity index (χ1n) is 9.20. The molecular formula is C19H23N3O2S. The van der Waals surface area contributed by atoms with Crippen LogP contribution in [0.15, 0.2) is 34.2 Å². The Balaban J connectivity index is 1.79. The lowest BCUT2D eigenvalue weighted by molar-refractivity contribution is -0.120. The highest BCUT2D eigenvalue weighted by atomic mass is 32.2. The van der Waals surface area contributed by atoms with Crippen molar-refractivity contribution >= 4 is 28.6 Å². The highest BCUT2D eigenvalue weighted by Gasteiger charge is 2.28. The Hall–Kier alpha value is -1.82. The number of benzene rings is 1. The molecule has 1 saturated heterocycles. The molecule has 2 aromatic rings. The van der Waals surface area contributed by atoms with Crippen molar-refractivity contribution < 1.29 is 4.79 Å². The van der Waals surface area contributed by atoms with Gasteiger partial charge in [-0.25, -0.2) is 4.98 Å². The van der Waals surface area contributed by atoms with Gasteiger partial charge >= 0.3 is 0 Å². The van der Waals surface area contributed by atoms with E-state index in [2.05, 4.69) is 5.32 Å². The summed E-state index contributed by atoms with van der Waals surface area (Å²) >= 11 is 1.47. The minimum Gasteiger partial charge on any atom is -0.355 e. The maximum absolute atomic E-state index is 13.1. The maximum atomic E-state index is 13.1. The lowest BCUT2D eigenvalue weighted by Crippen LogP contribution is -2.32. The lowest BCUT2D eigenvalue weighted by Gasteiger charge is -2.21. The van der Waals surface area contributed by atoms with Gasteiger partial charge in [0.05, 0.1) is 16.2 Å². The Bertz CT molecular complexity index is 842. The van der Waals surface area contributed by atoms with Gasteiger partial charge in [-0.15, -0.1) is 0 Å². The minimum absolute atomic E-state index is 0.0361. The largest absolute Gasteiger partial charge is 0.355 e.